The number of ketones is 1. The molecule has 0 unspecified atom stereocenters. The second-order valence-electron chi connectivity index (χ2n) is 5.76. The number of nitrogens with zero attached hydrogens (tertiary/aromatic N) is 1. The number of ether oxygens (including phenoxy) is 1. The third-order valence-corrected chi connectivity index (χ3v) is 4.18. The Balaban J connectivity index is 1.94. The second kappa shape index (κ2) is 8.37. The maximum Gasteiger partial charge on any atom is 0.260 e. The fourth-order valence-electron chi connectivity index (χ4n) is 2.37. The highest BCUT2D eigenvalue weighted by Gasteiger charge is 2.20. The van der Waals surface area contributed by atoms with Gasteiger partial charge in [-0.15, -0.1) is 0 Å². The van der Waals surface area contributed by atoms with Gasteiger partial charge in [-0.25, -0.2) is 4.39 Å². The first kappa shape index (κ1) is 19.8. The van der Waals surface area contributed by atoms with Crippen LogP contribution in [0.3, 0.4) is 0 Å². The van der Waals surface area contributed by atoms with E-state index in [9.17, 15) is 14.0 Å². The van der Waals surface area contributed by atoms with Crippen molar-refractivity contribution in [1.82, 2.24) is 4.98 Å². The summed E-state index contributed by atoms with van der Waals surface area (Å²) in [5, 5.41) is 2.99. The van der Waals surface area contributed by atoms with Crippen LogP contribution >= 0.6 is 23.2 Å². The number of hydrogen-bond acceptors (Lipinski definition) is 4. The SMILES string of the molecule is CC(=O)c1cc(NC(=O)c2c(Cl)cc(Cl)cc2Oc2ccc(F)cc2)ccn1. The second-order valence-corrected chi connectivity index (χ2v) is 6.60. The minimum Gasteiger partial charge on any atom is -0.456 e. The number of rotatable bonds is 5. The van der Waals surface area contributed by atoms with Crippen LogP contribution in [0.2, 0.25) is 10.0 Å². The molecule has 1 aromatic heterocycles. The normalized spacial score (nSPS) is 10.4. The average molecular weight is 419 g/mol. The minimum absolute atomic E-state index is 0.0385. The molecule has 0 bridgehead atoms. The molecule has 142 valence electrons. The van der Waals surface area contributed by atoms with Gasteiger partial charge in [-0.2, -0.15) is 0 Å². The van der Waals surface area contributed by atoms with Gasteiger partial charge < -0.3 is 10.1 Å². The maximum absolute atomic E-state index is 13.1. The topological polar surface area (TPSA) is 68.3 Å². The molecule has 0 fully saturated rings. The van der Waals surface area contributed by atoms with Crippen molar-refractivity contribution >= 4 is 40.6 Å². The molecule has 3 rings (SSSR count). The summed E-state index contributed by atoms with van der Waals surface area (Å²) >= 11 is 12.2. The lowest BCUT2D eigenvalue weighted by atomic mass is 10.1. The number of hydrogen-bond donors (Lipinski definition) is 1. The van der Waals surface area contributed by atoms with Crippen LogP contribution in [0.4, 0.5) is 10.1 Å². The van der Waals surface area contributed by atoms with Crippen molar-refractivity contribution in [2.75, 3.05) is 5.32 Å². The minimum atomic E-state index is -0.570. The van der Waals surface area contributed by atoms with Crippen LogP contribution < -0.4 is 10.1 Å². The molecule has 2 aromatic carbocycles. The Bertz CT molecular complexity index is 1060. The van der Waals surface area contributed by atoms with Crippen LogP contribution in [-0.2, 0) is 0 Å². The van der Waals surface area contributed by atoms with E-state index in [0.29, 0.717) is 11.4 Å². The van der Waals surface area contributed by atoms with Gasteiger partial charge in [0.25, 0.3) is 5.91 Å². The molecule has 1 N–H and O–H groups in total. The lowest BCUT2D eigenvalue weighted by Crippen LogP contribution is -2.14. The lowest BCUT2D eigenvalue weighted by molar-refractivity contribution is 0.100. The molecule has 0 aliphatic rings. The smallest absolute Gasteiger partial charge is 0.260 e. The highest BCUT2D eigenvalue weighted by molar-refractivity contribution is 6.37. The molecule has 3 aromatic rings. The number of nitrogens with one attached hydrogen (secondary N) is 1. The number of pyridine rings is 1. The largest absolute Gasteiger partial charge is 0.456 e. The lowest BCUT2D eigenvalue weighted by Gasteiger charge is -2.14. The zero-order valence-corrected chi connectivity index (χ0v) is 16.0. The summed E-state index contributed by atoms with van der Waals surface area (Å²) in [7, 11) is 0. The molecule has 0 saturated carbocycles. The van der Waals surface area contributed by atoms with Gasteiger partial charge >= 0.3 is 0 Å². The predicted octanol–water partition coefficient (Wildman–Crippen LogP) is 5.77. The number of aromatic nitrogens is 1. The Morgan fingerprint density at radius 3 is 2.46 bits per heavy atom. The van der Waals surface area contributed by atoms with Gasteiger partial charge in [-0.3, -0.25) is 14.6 Å². The first-order chi connectivity index (χ1) is 13.3. The highest BCUT2D eigenvalue weighted by atomic mass is 35.5. The Labute approximate surface area is 170 Å². The van der Waals surface area contributed by atoms with E-state index >= 15 is 0 Å². The molecule has 0 radical (unpaired) electrons. The fraction of sp³-hybridized carbons (Fsp3) is 0.0500. The maximum atomic E-state index is 13.1. The van der Waals surface area contributed by atoms with Crippen molar-refractivity contribution in [2.45, 2.75) is 6.92 Å². The third kappa shape index (κ3) is 4.65. The van der Waals surface area contributed by atoms with Crippen molar-refractivity contribution in [3.8, 4) is 11.5 Å². The van der Waals surface area contributed by atoms with E-state index in [-0.39, 0.29) is 32.8 Å². The fourth-order valence-corrected chi connectivity index (χ4v) is 2.94. The van der Waals surface area contributed by atoms with Crippen LogP contribution in [0.15, 0.2) is 54.7 Å². The molecule has 5 nitrogen and oxygen atoms in total. The molecule has 1 amide bonds. The van der Waals surface area contributed by atoms with Crippen LogP contribution in [0.5, 0.6) is 11.5 Å². The Morgan fingerprint density at radius 1 is 1.07 bits per heavy atom. The quantitative estimate of drug-likeness (QED) is 0.533. The summed E-state index contributed by atoms with van der Waals surface area (Å²) in [4.78, 5) is 28.2. The summed E-state index contributed by atoms with van der Waals surface area (Å²) < 4.78 is 18.8. The molecule has 1 heterocycles. The van der Waals surface area contributed by atoms with Crippen molar-refractivity contribution in [3.05, 3.63) is 81.8 Å². The highest BCUT2D eigenvalue weighted by Crippen LogP contribution is 2.34. The van der Waals surface area contributed by atoms with E-state index in [0.717, 1.165) is 0 Å². The van der Waals surface area contributed by atoms with E-state index in [1.807, 2.05) is 0 Å². The number of amides is 1. The van der Waals surface area contributed by atoms with Gasteiger partial charge in [0.1, 0.15) is 28.6 Å². The van der Waals surface area contributed by atoms with Crippen LogP contribution in [0, 0.1) is 5.82 Å². The Hall–Kier alpha value is -2.96. The summed E-state index contributed by atoms with van der Waals surface area (Å²) in [6.45, 7) is 1.37. The number of Topliss-reactive ketones (excluding diaryl/α,β-unsaturated/α-hetero) is 1. The van der Waals surface area contributed by atoms with Gasteiger partial charge in [0, 0.05) is 29.9 Å². The zero-order chi connectivity index (χ0) is 20.3. The number of anilines is 1. The Kier molecular flexibility index (Phi) is 5.92. The molecular formula is C20H13Cl2FN2O3. The van der Waals surface area contributed by atoms with Gasteiger partial charge in [0.15, 0.2) is 5.78 Å². The van der Waals surface area contributed by atoms with Gasteiger partial charge in [0.05, 0.1) is 5.02 Å². The number of carbonyl (C=O) groups excluding carboxylic acids is 2. The number of carbonyl (C=O) groups is 2. The van der Waals surface area contributed by atoms with Crippen molar-refractivity contribution in [2.24, 2.45) is 0 Å². The average Bonchev–Trinajstić information content (AvgIpc) is 2.63. The Morgan fingerprint density at radius 2 is 1.79 bits per heavy atom. The molecule has 0 saturated heterocycles. The van der Waals surface area contributed by atoms with E-state index in [4.69, 9.17) is 27.9 Å². The molecule has 0 atom stereocenters. The third-order valence-electron chi connectivity index (χ3n) is 3.67. The molecule has 28 heavy (non-hydrogen) atoms. The summed E-state index contributed by atoms with van der Waals surface area (Å²) in [6, 6.07) is 11.1. The molecular weight excluding hydrogens is 406 g/mol. The number of benzene rings is 2. The first-order valence-corrected chi connectivity index (χ1v) is 8.80. The monoisotopic (exact) mass is 418 g/mol. The van der Waals surface area contributed by atoms with Gasteiger partial charge in [-0.1, -0.05) is 23.2 Å². The van der Waals surface area contributed by atoms with Gasteiger partial charge in [-0.05, 0) is 42.5 Å². The molecule has 0 aliphatic carbocycles. The summed E-state index contributed by atoms with van der Waals surface area (Å²) in [6.07, 6.45) is 1.41. The summed E-state index contributed by atoms with van der Waals surface area (Å²) in [5.41, 5.74) is 0.614. The summed E-state index contributed by atoms with van der Waals surface area (Å²) in [5.74, 6) is -0.826. The molecule has 8 heteroatoms. The van der Waals surface area contributed by atoms with Crippen molar-refractivity contribution < 1.29 is 18.7 Å². The van der Waals surface area contributed by atoms with Crippen LogP contribution in [0.25, 0.3) is 0 Å². The van der Waals surface area contributed by atoms with E-state index in [1.54, 1.807) is 0 Å². The van der Waals surface area contributed by atoms with Crippen LogP contribution in [0.1, 0.15) is 27.8 Å². The van der Waals surface area contributed by atoms with E-state index < -0.39 is 11.7 Å². The zero-order valence-electron chi connectivity index (χ0n) is 14.5. The predicted molar refractivity (Wildman–Crippen MR) is 105 cm³/mol. The van der Waals surface area contributed by atoms with Crippen molar-refractivity contribution in [1.29, 1.82) is 0 Å². The van der Waals surface area contributed by atoms with Gasteiger partial charge in [0.2, 0.25) is 0 Å². The molecule has 0 aliphatic heterocycles. The molecule has 0 spiro atoms. The number of halogens is 3. The van der Waals surface area contributed by atoms with Crippen molar-refractivity contribution in [3.63, 3.8) is 0 Å². The van der Waals surface area contributed by atoms with Crippen LogP contribution in [-0.4, -0.2) is 16.7 Å². The standard InChI is InChI=1S/C20H13Cl2FN2O3/c1-11(26)17-10-14(6-7-24-17)25-20(27)19-16(22)8-12(21)9-18(19)28-15-4-2-13(23)3-5-15/h2-10H,1H3,(H,24,25,27). The van der Waals surface area contributed by atoms with E-state index in [2.05, 4.69) is 10.3 Å². The van der Waals surface area contributed by atoms with E-state index in [1.165, 1.54) is 61.7 Å². The first-order valence-electron chi connectivity index (χ1n) is 8.04.